The fourth-order valence-corrected chi connectivity index (χ4v) is 5.58. The molecule has 1 N–H and O–H groups in total. The van der Waals surface area contributed by atoms with E-state index in [4.69, 9.17) is 21.9 Å². The summed E-state index contributed by atoms with van der Waals surface area (Å²) in [5.41, 5.74) is 9.33. The van der Waals surface area contributed by atoms with Crippen LogP contribution in [0.1, 0.15) is 52.8 Å². The molecule has 0 bridgehead atoms. The molecule has 1 saturated heterocycles. The number of nitrogens with one attached hydrogen (secondary N) is 1. The second-order valence-electron chi connectivity index (χ2n) is 9.38. The molecule has 0 unspecified atom stereocenters. The molecule has 0 spiro atoms. The topological polar surface area (TPSA) is 42.3 Å². The van der Waals surface area contributed by atoms with Gasteiger partial charge in [-0.25, -0.2) is 0 Å². The van der Waals surface area contributed by atoms with Crippen LogP contribution in [0.15, 0.2) is 72.9 Å². The predicted molar refractivity (Wildman–Crippen MR) is 150 cm³/mol. The van der Waals surface area contributed by atoms with Gasteiger partial charge in [-0.1, -0.05) is 18.2 Å². The van der Waals surface area contributed by atoms with Crippen molar-refractivity contribution in [3.63, 3.8) is 0 Å². The average Bonchev–Trinajstić information content (AvgIpc) is 3.37. The minimum atomic E-state index is -0.0853. The highest BCUT2D eigenvalue weighted by molar-refractivity contribution is 7.80. The lowest BCUT2D eigenvalue weighted by atomic mass is 9.96. The van der Waals surface area contributed by atoms with E-state index in [-0.39, 0.29) is 12.1 Å². The van der Waals surface area contributed by atoms with Crippen LogP contribution in [-0.2, 0) is 0 Å². The van der Waals surface area contributed by atoms with Crippen LogP contribution < -0.4 is 15.0 Å². The maximum absolute atomic E-state index is 5.92. The van der Waals surface area contributed by atoms with E-state index in [9.17, 15) is 0 Å². The van der Waals surface area contributed by atoms with E-state index in [2.05, 4.69) is 84.9 Å². The van der Waals surface area contributed by atoms with Crippen LogP contribution in [0.5, 0.6) is 5.75 Å². The molecule has 0 aliphatic carbocycles. The van der Waals surface area contributed by atoms with Crippen molar-refractivity contribution in [1.29, 1.82) is 0 Å². The van der Waals surface area contributed by atoms with Crippen molar-refractivity contribution in [3.05, 3.63) is 107 Å². The summed E-state index contributed by atoms with van der Waals surface area (Å²) >= 11 is 5.92. The maximum Gasteiger partial charge on any atom is 0.174 e. The van der Waals surface area contributed by atoms with Crippen molar-refractivity contribution in [3.8, 4) is 11.4 Å². The minimum Gasteiger partial charge on any atom is -0.494 e. The number of pyridine rings is 1. The van der Waals surface area contributed by atoms with Gasteiger partial charge in [0.05, 0.1) is 24.4 Å². The van der Waals surface area contributed by atoms with E-state index in [1.165, 1.54) is 33.8 Å². The lowest BCUT2D eigenvalue weighted by Gasteiger charge is -2.28. The van der Waals surface area contributed by atoms with Crippen molar-refractivity contribution in [2.45, 2.75) is 46.7 Å². The summed E-state index contributed by atoms with van der Waals surface area (Å²) in [5, 5.41) is 4.27. The number of hydrogen-bond acceptors (Lipinski definition) is 3. The first kappa shape index (κ1) is 24.1. The van der Waals surface area contributed by atoms with Crippen LogP contribution in [0.3, 0.4) is 0 Å². The van der Waals surface area contributed by atoms with Crippen LogP contribution in [0.25, 0.3) is 5.69 Å². The van der Waals surface area contributed by atoms with Gasteiger partial charge in [0, 0.05) is 29.0 Å². The summed E-state index contributed by atoms with van der Waals surface area (Å²) in [5.74, 6) is 0.852. The summed E-state index contributed by atoms with van der Waals surface area (Å²) in [6.07, 6.45) is 1.84. The van der Waals surface area contributed by atoms with Gasteiger partial charge in [-0.2, -0.15) is 0 Å². The Bertz CT molecular complexity index is 1390. The summed E-state index contributed by atoms with van der Waals surface area (Å²) in [6.45, 7) is 11.3. The highest BCUT2D eigenvalue weighted by Gasteiger charge is 2.42. The third kappa shape index (κ3) is 4.26. The fraction of sp³-hybridized carbons (Fsp3) is 0.267. The van der Waals surface area contributed by atoms with Crippen LogP contribution in [0.4, 0.5) is 5.69 Å². The van der Waals surface area contributed by atoms with Crippen LogP contribution in [-0.4, -0.2) is 21.3 Å². The number of hydrogen-bond donors (Lipinski definition) is 1. The van der Waals surface area contributed by atoms with Crippen molar-refractivity contribution in [2.24, 2.45) is 0 Å². The molecule has 184 valence electrons. The van der Waals surface area contributed by atoms with Gasteiger partial charge in [0.1, 0.15) is 5.75 Å². The van der Waals surface area contributed by atoms with Crippen molar-refractivity contribution >= 4 is 23.0 Å². The first-order chi connectivity index (χ1) is 17.4. The molecule has 1 aliphatic heterocycles. The molecule has 3 heterocycles. The van der Waals surface area contributed by atoms with Crippen molar-refractivity contribution in [2.75, 3.05) is 11.5 Å². The Hall–Kier alpha value is -3.64. The lowest BCUT2D eigenvalue weighted by Crippen LogP contribution is -2.29. The summed E-state index contributed by atoms with van der Waals surface area (Å²) in [4.78, 5) is 6.93. The Balaban J connectivity index is 1.66. The number of thiocarbonyl (C=S) groups is 1. The molecule has 2 aromatic heterocycles. The van der Waals surface area contributed by atoms with Gasteiger partial charge in [0.2, 0.25) is 0 Å². The molecule has 1 fully saturated rings. The van der Waals surface area contributed by atoms with Gasteiger partial charge in [0.25, 0.3) is 0 Å². The Morgan fingerprint density at radius 1 is 0.972 bits per heavy atom. The molecule has 0 amide bonds. The van der Waals surface area contributed by atoms with Gasteiger partial charge in [-0.05, 0) is 112 Å². The van der Waals surface area contributed by atoms with E-state index in [0.29, 0.717) is 11.7 Å². The third-order valence-electron chi connectivity index (χ3n) is 6.92. The van der Waals surface area contributed by atoms with E-state index in [0.717, 1.165) is 17.1 Å². The fourth-order valence-electron chi connectivity index (χ4n) is 5.24. The zero-order valence-electron chi connectivity index (χ0n) is 21.4. The van der Waals surface area contributed by atoms with Crippen molar-refractivity contribution < 1.29 is 4.74 Å². The lowest BCUT2D eigenvalue weighted by molar-refractivity contribution is 0.340. The largest absolute Gasteiger partial charge is 0.494 e. The van der Waals surface area contributed by atoms with E-state index < -0.39 is 0 Å². The summed E-state index contributed by atoms with van der Waals surface area (Å²) in [6, 6.07) is 23.0. The Morgan fingerprint density at radius 3 is 2.44 bits per heavy atom. The second-order valence-corrected chi connectivity index (χ2v) is 9.76. The number of anilines is 1. The zero-order chi connectivity index (χ0) is 25.4. The molecule has 2 atom stereocenters. The van der Waals surface area contributed by atoms with E-state index in [1.807, 2.05) is 37.4 Å². The number of nitrogens with zero attached hydrogens (tertiary/aromatic N) is 3. The Labute approximate surface area is 218 Å². The molecule has 2 aromatic carbocycles. The molecule has 0 saturated carbocycles. The van der Waals surface area contributed by atoms with Gasteiger partial charge < -0.3 is 19.5 Å². The number of aromatic nitrogens is 2. The van der Waals surface area contributed by atoms with Crippen LogP contribution in [0.2, 0.25) is 0 Å². The Kier molecular flexibility index (Phi) is 6.54. The molecule has 1 aliphatic rings. The highest BCUT2D eigenvalue weighted by atomic mass is 32.1. The number of ether oxygens (including phenoxy) is 1. The van der Waals surface area contributed by atoms with Gasteiger partial charge in [0.15, 0.2) is 5.11 Å². The standard InChI is InChI=1S/C30H32N4OS/c1-6-35-24-14-12-23(13-15-24)34-29(28(32-30(34)36)26-9-7-8-16-31-26)25-18-21(4)33(22(25)5)27-17-19(2)10-11-20(27)3/h7-18,28-29H,6H2,1-5H3,(H,32,36)/t28-,29-/m0/s1. The molecular weight excluding hydrogens is 464 g/mol. The Morgan fingerprint density at radius 2 is 1.75 bits per heavy atom. The van der Waals surface area contributed by atoms with E-state index >= 15 is 0 Å². The van der Waals surface area contributed by atoms with Crippen LogP contribution in [0, 0.1) is 27.7 Å². The molecule has 5 rings (SSSR count). The van der Waals surface area contributed by atoms with Crippen LogP contribution >= 0.6 is 12.2 Å². The highest BCUT2D eigenvalue weighted by Crippen LogP contribution is 2.44. The van der Waals surface area contributed by atoms with Gasteiger partial charge >= 0.3 is 0 Å². The minimum absolute atomic E-state index is 0.0598. The molecular formula is C30H32N4OS. The second kappa shape index (κ2) is 9.78. The molecule has 0 radical (unpaired) electrons. The molecule has 4 aromatic rings. The quantitative estimate of drug-likeness (QED) is 0.302. The van der Waals surface area contributed by atoms with Gasteiger partial charge in [-0.15, -0.1) is 0 Å². The molecule has 5 nitrogen and oxygen atoms in total. The normalized spacial score (nSPS) is 17.4. The zero-order valence-corrected chi connectivity index (χ0v) is 22.3. The number of benzene rings is 2. The van der Waals surface area contributed by atoms with Crippen molar-refractivity contribution in [1.82, 2.24) is 14.9 Å². The SMILES string of the molecule is CCOc1ccc(N2C(=S)N[C@@H](c3ccccn3)[C@@H]2c2cc(C)n(-c3cc(C)ccc3C)c2C)cc1. The van der Waals surface area contributed by atoms with Gasteiger partial charge in [-0.3, -0.25) is 4.98 Å². The molecule has 6 heteroatoms. The predicted octanol–water partition coefficient (Wildman–Crippen LogP) is 6.68. The van der Waals surface area contributed by atoms with E-state index in [1.54, 1.807) is 0 Å². The summed E-state index contributed by atoms with van der Waals surface area (Å²) < 4.78 is 8.05. The number of aryl methyl sites for hydroxylation is 3. The first-order valence-corrected chi connectivity index (χ1v) is 12.8. The third-order valence-corrected chi connectivity index (χ3v) is 7.23. The number of rotatable bonds is 6. The monoisotopic (exact) mass is 496 g/mol. The maximum atomic E-state index is 5.92. The molecule has 36 heavy (non-hydrogen) atoms. The first-order valence-electron chi connectivity index (χ1n) is 12.4. The average molecular weight is 497 g/mol. The smallest absolute Gasteiger partial charge is 0.174 e. The summed E-state index contributed by atoms with van der Waals surface area (Å²) in [7, 11) is 0.